The van der Waals surface area contributed by atoms with Crippen molar-refractivity contribution in [1.82, 2.24) is 10.6 Å². The lowest BCUT2D eigenvalue weighted by molar-refractivity contribution is -0.139. The minimum Gasteiger partial charge on any atom is -0.481 e. The Balaban J connectivity index is 1.30. The van der Waals surface area contributed by atoms with Crippen molar-refractivity contribution in [2.45, 2.75) is 38.6 Å². The van der Waals surface area contributed by atoms with E-state index in [1.807, 2.05) is 38.1 Å². The second kappa shape index (κ2) is 9.65. The maximum absolute atomic E-state index is 12.6. The van der Waals surface area contributed by atoms with Crippen LogP contribution in [0, 0.1) is 17.8 Å². The third-order valence-electron chi connectivity index (χ3n) is 6.66. The summed E-state index contributed by atoms with van der Waals surface area (Å²) in [5.41, 5.74) is 4.62. The predicted molar refractivity (Wildman–Crippen MR) is 124 cm³/mol. The predicted octanol–water partition coefficient (Wildman–Crippen LogP) is 3.78. The molecule has 174 valence electrons. The van der Waals surface area contributed by atoms with E-state index < -0.39 is 12.1 Å². The number of hydrogen-bond donors (Lipinski definition) is 3. The Morgan fingerprint density at radius 2 is 1.64 bits per heavy atom. The fraction of sp³-hybridized carbons (Fsp3) is 0.423. The molecule has 33 heavy (non-hydrogen) atoms. The fourth-order valence-electron chi connectivity index (χ4n) is 4.54. The lowest BCUT2D eigenvalue weighted by Gasteiger charge is -2.22. The average molecular weight is 451 g/mol. The smallest absolute Gasteiger partial charge is 0.407 e. The van der Waals surface area contributed by atoms with E-state index in [2.05, 4.69) is 34.9 Å². The maximum Gasteiger partial charge on any atom is 0.407 e. The van der Waals surface area contributed by atoms with Crippen molar-refractivity contribution in [3.63, 3.8) is 0 Å². The Morgan fingerprint density at radius 3 is 2.18 bits per heavy atom. The third kappa shape index (κ3) is 5.18. The number of amides is 2. The molecule has 0 aromatic heterocycles. The number of carbonyl (C=O) groups is 3. The van der Waals surface area contributed by atoms with Gasteiger partial charge >= 0.3 is 12.1 Å². The first-order valence-electron chi connectivity index (χ1n) is 11.5. The van der Waals surface area contributed by atoms with Gasteiger partial charge in [0.05, 0.1) is 5.92 Å². The molecule has 0 radical (unpaired) electrons. The molecule has 0 bridgehead atoms. The van der Waals surface area contributed by atoms with E-state index >= 15 is 0 Å². The molecular weight excluding hydrogens is 420 g/mol. The highest BCUT2D eigenvalue weighted by Gasteiger charge is 2.43. The van der Waals surface area contributed by atoms with E-state index in [9.17, 15) is 14.4 Å². The van der Waals surface area contributed by atoms with Crippen molar-refractivity contribution < 1.29 is 24.2 Å². The molecule has 7 nitrogen and oxygen atoms in total. The molecule has 2 aliphatic rings. The van der Waals surface area contributed by atoms with Crippen LogP contribution in [0.2, 0.25) is 0 Å². The van der Waals surface area contributed by atoms with Gasteiger partial charge in [-0.15, -0.1) is 0 Å². The second-order valence-electron chi connectivity index (χ2n) is 9.27. The minimum atomic E-state index is -0.814. The molecule has 3 atom stereocenters. The number of fused-ring (bicyclic) bond motifs is 3. The van der Waals surface area contributed by atoms with Crippen LogP contribution >= 0.6 is 0 Å². The SMILES string of the molecule is CC(C)C(CC(=O)NCC1CC1C(=O)O)NC(=O)OCC1c2ccccc2-c2ccccc21. The van der Waals surface area contributed by atoms with Crippen LogP contribution in [0.15, 0.2) is 48.5 Å². The van der Waals surface area contributed by atoms with Crippen molar-refractivity contribution in [1.29, 1.82) is 0 Å². The van der Waals surface area contributed by atoms with E-state index in [4.69, 9.17) is 9.84 Å². The highest BCUT2D eigenvalue weighted by atomic mass is 16.5. The quantitative estimate of drug-likeness (QED) is 0.539. The van der Waals surface area contributed by atoms with Crippen molar-refractivity contribution in [2.75, 3.05) is 13.2 Å². The molecule has 3 unspecified atom stereocenters. The summed E-state index contributed by atoms with van der Waals surface area (Å²) >= 11 is 0. The Morgan fingerprint density at radius 1 is 1.03 bits per heavy atom. The maximum atomic E-state index is 12.6. The van der Waals surface area contributed by atoms with Crippen LogP contribution in [0.1, 0.15) is 43.7 Å². The number of ether oxygens (including phenoxy) is 1. The highest BCUT2D eigenvalue weighted by Crippen LogP contribution is 2.44. The summed E-state index contributed by atoms with van der Waals surface area (Å²) in [5, 5.41) is 14.6. The van der Waals surface area contributed by atoms with Crippen LogP contribution in [0.4, 0.5) is 4.79 Å². The number of nitrogens with one attached hydrogen (secondary N) is 2. The Hall–Kier alpha value is -3.35. The van der Waals surface area contributed by atoms with Gasteiger partial charge in [-0.3, -0.25) is 9.59 Å². The molecule has 2 amide bonds. The summed E-state index contributed by atoms with van der Waals surface area (Å²) in [6.07, 6.45) is 0.171. The van der Waals surface area contributed by atoms with Gasteiger partial charge in [0, 0.05) is 24.9 Å². The van der Waals surface area contributed by atoms with Gasteiger partial charge in [0.25, 0.3) is 0 Å². The fourth-order valence-corrected chi connectivity index (χ4v) is 4.54. The van der Waals surface area contributed by atoms with Gasteiger partial charge in [-0.1, -0.05) is 62.4 Å². The monoisotopic (exact) mass is 450 g/mol. The molecule has 3 N–H and O–H groups in total. The third-order valence-corrected chi connectivity index (χ3v) is 6.66. The molecule has 2 aromatic carbocycles. The normalized spacial score (nSPS) is 19.4. The summed E-state index contributed by atoms with van der Waals surface area (Å²) in [4.78, 5) is 35.8. The number of aliphatic carboxylic acids is 1. The van der Waals surface area contributed by atoms with Crippen LogP contribution in [-0.2, 0) is 14.3 Å². The summed E-state index contributed by atoms with van der Waals surface area (Å²) in [7, 11) is 0. The molecule has 4 rings (SSSR count). The Labute approximate surface area is 193 Å². The van der Waals surface area contributed by atoms with E-state index in [1.165, 1.54) is 11.1 Å². The molecule has 0 heterocycles. The first-order valence-corrected chi connectivity index (χ1v) is 11.5. The Bertz CT molecular complexity index is 1000. The van der Waals surface area contributed by atoms with Gasteiger partial charge in [-0.05, 0) is 40.5 Å². The summed E-state index contributed by atoms with van der Waals surface area (Å²) in [6, 6.07) is 15.9. The molecule has 0 saturated heterocycles. The van der Waals surface area contributed by atoms with E-state index in [0.717, 1.165) is 11.1 Å². The molecule has 1 saturated carbocycles. The number of benzene rings is 2. The van der Waals surface area contributed by atoms with Gasteiger partial charge < -0.3 is 20.5 Å². The van der Waals surface area contributed by atoms with Crippen LogP contribution in [-0.4, -0.2) is 42.3 Å². The molecule has 7 heteroatoms. The standard InChI is InChI=1S/C26H30N2O5/c1-15(2)23(12-24(29)27-13-16-11-21(16)25(30)31)28-26(32)33-14-22-19-9-5-3-7-17(19)18-8-4-6-10-20(18)22/h3-10,15-16,21-23H,11-14H2,1-2H3,(H,27,29)(H,28,32)(H,30,31). The average Bonchev–Trinajstić information content (AvgIpc) is 3.51. The van der Waals surface area contributed by atoms with Crippen LogP contribution < -0.4 is 10.6 Å². The zero-order chi connectivity index (χ0) is 23.5. The zero-order valence-electron chi connectivity index (χ0n) is 18.9. The van der Waals surface area contributed by atoms with E-state index in [1.54, 1.807) is 0 Å². The van der Waals surface area contributed by atoms with Crippen molar-refractivity contribution in [3.8, 4) is 11.1 Å². The summed E-state index contributed by atoms with van der Waals surface area (Å²) in [5.74, 6) is -1.37. The van der Waals surface area contributed by atoms with Crippen molar-refractivity contribution in [3.05, 3.63) is 59.7 Å². The van der Waals surface area contributed by atoms with Crippen molar-refractivity contribution >= 4 is 18.0 Å². The number of alkyl carbamates (subject to hydrolysis) is 1. The van der Waals surface area contributed by atoms with E-state index in [-0.39, 0.29) is 48.6 Å². The van der Waals surface area contributed by atoms with E-state index in [0.29, 0.717) is 13.0 Å². The summed E-state index contributed by atoms with van der Waals surface area (Å²) in [6.45, 7) is 4.44. The number of carboxylic acids is 1. The van der Waals surface area contributed by atoms with Crippen LogP contribution in [0.5, 0.6) is 0 Å². The molecular formula is C26H30N2O5. The lowest BCUT2D eigenvalue weighted by atomic mass is 9.98. The minimum absolute atomic E-state index is 0.000888. The first-order chi connectivity index (χ1) is 15.8. The number of carboxylic acid groups (broad SMARTS) is 1. The second-order valence-corrected chi connectivity index (χ2v) is 9.27. The van der Waals surface area contributed by atoms with Gasteiger partial charge in [-0.2, -0.15) is 0 Å². The van der Waals surface area contributed by atoms with Gasteiger partial charge in [0.2, 0.25) is 5.91 Å². The molecule has 0 aliphatic heterocycles. The molecule has 2 aromatic rings. The number of hydrogen-bond acceptors (Lipinski definition) is 4. The molecule has 0 spiro atoms. The Kier molecular flexibility index (Phi) is 6.67. The molecule has 2 aliphatic carbocycles. The topological polar surface area (TPSA) is 105 Å². The largest absolute Gasteiger partial charge is 0.481 e. The van der Waals surface area contributed by atoms with Crippen LogP contribution in [0.25, 0.3) is 11.1 Å². The zero-order valence-corrected chi connectivity index (χ0v) is 18.9. The van der Waals surface area contributed by atoms with Crippen LogP contribution in [0.3, 0.4) is 0 Å². The summed E-state index contributed by atoms with van der Waals surface area (Å²) < 4.78 is 5.60. The van der Waals surface area contributed by atoms with Gasteiger partial charge in [0.15, 0.2) is 0 Å². The van der Waals surface area contributed by atoms with Crippen molar-refractivity contribution in [2.24, 2.45) is 17.8 Å². The molecule has 1 fully saturated rings. The van der Waals surface area contributed by atoms with Gasteiger partial charge in [-0.25, -0.2) is 4.79 Å². The number of carbonyl (C=O) groups excluding carboxylic acids is 2. The number of rotatable bonds is 9. The first kappa shape index (κ1) is 22.8. The lowest BCUT2D eigenvalue weighted by Crippen LogP contribution is -2.43. The van der Waals surface area contributed by atoms with Gasteiger partial charge in [0.1, 0.15) is 6.61 Å². The highest BCUT2D eigenvalue weighted by molar-refractivity contribution is 5.80.